The number of allylic oxidation sites excluding steroid dienone is 1. The van der Waals surface area contributed by atoms with Crippen molar-refractivity contribution in [2.24, 2.45) is 11.7 Å². The molecular weight excluding hydrogens is 124 g/mol. The van der Waals surface area contributed by atoms with Crippen LogP contribution in [0.15, 0.2) is 12.2 Å². The van der Waals surface area contributed by atoms with Gasteiger partial charge in [0, 0.05) is 18.6 Å². The van der Waals surface area contributed by atoms with Crippen molar-refractivity contribution in [3.63, 3.8) is 0 Å². The molecule has 1 saturated heterocycles. The van der Waals surface area contributed by atoms with Crippen molar-refractivity contribution in [1.29, 1.82) is 0 Å². The van der Waals surface area contributed by atoms with Gasteiger partial charge in [-0.1, -0.05) is 12.2 Å². The molecule has 0 amide bonds. The van der Waals surface area contributed by atoms with Crippen molar-refractivity contribution in [2.75, 3.05) is 13.1 Å². The fraction of sp³-hybridized carbons (Fsp3) is 0.750. The van der Waals surface area contributed by atoms with Gasteiger partial charge in [0.2, 0.25) is 0 Å². The summed E-state index contributed by atoms with van der Waals surface area (Å²) in [7, 11) is 0. The fourth-order valence-electron chi connectivity index (χ4n) is 1.95. The zero-order valence-electron chi connectivity index (χ0n) is 6.14. The van der Waals surface area contributed by atoms with Gasteiger partial charge >= 0.3 is 0 Å². The van der Waals surface area contributed by atoms with E-state index in [4.69, 9.17) is 5.73 Å². The molecule has 0 radical (unpaired) electrons. The lowest BCUT2D eigenvalue weighted by atomic mass is 9.79. The maximum Gasteiger partial charge on any atom is 0.0359 e. The number of rotatable bonds is 0. The van der Waals surface area contributed by atoms with Gasteiger partial charge in [-0.05, 0) is 18.8 Å². The quantitative estimate of drug-likeness (QED) is 0.471. The Morgan fingerprint density at radius 3 is 3.20 bits per heavy atom. The Bertz CT molecular complexity index is 165. The van der Waals surface area contributed by atoms with Crippen LogP contribution in [0.5, 0.6) is 0 Å². The lowest BCUT2D eigenvalue weighted by Gasteiger charge is -2.31. The predicted molar refractivity (Wildman–Crippen MR) is 41.7 cm³/mol. The first-order valence-electron chi connectivity index (χ1n) is 3.96. The summed E-state index contributed by atoms with van der Waals surface area (Å²) in [5, 5.41) is 3.34. The molecule has 0 saturated carbocycles. The van der Waals surface area contributed by atoms with Crippen LogP contribution in [0.3, 0.4) is 0 Å². The molecule has 3 N–H and O–H groups in total. The molecule has 1 aliphatic heterocycles. The molecule has 0 spiro atoms. The Balaban J connectivity index is 2.20. The van der Waals surface area contributed by atoms with E-state index in [0.717, 1.165) is 19.5 Å². The molecule has 56 valence electrons. The van der Waals surface area contributed by atoms with Crippen LogP contribution in [0, 0.1) is 5.92 Å². The summed E-state index contributed by atoms with van der Waals surface area (Å²) in [4.78, 5) is 0. The van der Waals surface area contributed by atoms with Gasteiger partial charge in [0.1, 0.15) is 0 Å². The van der Waals surface area contributed by atoms with Gasteiger partial charge in [-0.25, -0.2) is 0 Å². The highest BCUT2D eigenvalue weighted by atomic mass is 15.0. The lowest BCUT2D eigenvalue weighted by Crippen LogP contribution is -2.48. The highest BCUT2D eigenvalue weighted by molar-refractivity contribution is 5.10. The fourth-order valence-corrected chi connectivity index (χ4v) is 1.95. The molecule has 2 heteroatoms. The second kappa shape index (κ2) is 2.07. The minimum absolute atomic E-state index is 0.0920. The zero-order chi connectivity index (χ0) is 7.03. The van der Waals surface area contributed by atoms with E-state index in [1.807, 2.05) is 0 Å². The van der Waals surface area contributed by atoms with E-state index in [2.05, 4.69) is 17.5 Å². The number of nitrogens with one attached hydrogen (secondary N) is 1. The van der Waals surface area contributed by atoms with Crippen molar-refractivity contribution in [2.45, 2.75) is 18.4 Å². The summed E-state index contributed by atoms with van der Waals surface area (Å²) in [6.45, 7) is 2.11. The van der Waals surface area contributed by atoms with Gasteiger partial charge in [0.25, 0.3) is 0 Å². The van der Waals surface area contributed by atoms with Crippen LogP contribution in [-0.4, -0.2) is 18.6 Å². The second-order valence-corrected chi connectivity index (χ2v) is 3.47. The van der Waals surface area contributed by atoms with Gasteiger partial charge in [-0.15, -0.1) is 0 Å². The van der Waals surface area contributed by atoms with Crippen LogP contribution in [0.25, 0.3) is 0 Å². The highest BCUT2D eigenvalue weighted by Crippen LogP contribution is 2.29. The van der Waals surface area contributed by atoms with Crippen molar-refractivity contribution in [3.8, 4) is 0 Å². The number of hydrogen-bond donors (Lipinski definition) is 2. The second-order valence-electron chi connectivity index (χ2n) is 3.47. The van der Waals surface area contributed by atoms with E-state index < -0.39 is 0 Å². The Hall–Kier alpha value is -0.340. The molecule has 1 aliphatic carbocycles. The average molecular weight is 138 g/mol. The van der Waals surface area contributed by atoms with Crippen molar-refractivity contribution >= 4 is 0 Å². The third kappa shape index (κ3) is 0.796. The Morgan fingerprint density at radius 2 is 2.40 bits per heavy atom. The SMILES string of the molecule is NC12CC=CCC1CNC2. The van der Waals surface area contributed by atoms with Gasteiger partial charge in [-0.3, -0.25) is 0 Å². The van der Waals surface area contributed by atoms with Crippen LogP contribution < -0.4 is 11.1 Å². The molecule has 0 aromatic heterocycles. The van der Waals surface area contributed by atoms with E-state index in [1.165, 1.54) is 6.42 Å². The molecule has 2 nitrogen and oxygen atoms in total. The molecular formula is C8H14N2. The monoisotopic (exact) mass is 138 g/mol. The van der Waals surface area contributed by atoms with Crippen molar-refractivity contribution in [1.82, 2.24) is 5.32 Å². The van der Waals surface area contributed by atoms with E-state index in [-0.39, 0.29) is 5.54 Å². The summed E-state index contributed by atoms with van der Waals surface area (Å²) in [5.41, 5.74) is 6.24. The molecule has 0 aromatic carbocycles. The maximum atomic E-state index is 6.15. The van der Waals surface area contributed by atoms with Gasteiger partial charge < -0.3 is 11.1 Å². The molecule has 2 aliphatic rings. The van der Waals surface area contributed by atoms with E-state index in [9.17, 15) is 0 Å². The van der Waals surface area contributed by atoms with E-state index >= 15 is 0 Å². The van der Waals surface area contributed by atoms with Crippen LogP contribution >= 0.6 is 0 Å². The predicted octanol–water partition coefficient (Wildman–Crippen LogP) is 0.253. The largest absolute Gasteiger partial charge is 0.323 e. The average Bonchev–Trinajstić information content (AvgIpc) is 2.29. The van der Waals surface area contributed by atoms with Crippen molar-refractivity contribution in [3.05, 3.63) is 12.2 Å². The summed E-state index contributed by atoms with van der Waals surface area (Å²) >= 11 is 0. The van der Waals surface area contributed by atoms with Crippen LogP contribution in [0.1, 0.15) is 12.8 Å². The minimum atomic E-state index is 0.0920. The number of nitrogens with two attached hydrogens (primary N) is 1. The molecule has 2 unspecified atom stereocenters. The highest BCUT2D eigenvalue weighted by Gasteiger charge is 2.38. The molecule has 1 heterocycles. The van der Waals surface area contributed by atoms with Gasteiger partial charge in [-0.2, -0.15) is 0 Å². The van der Waals surface area contributed by atoms with Gasteiger partial charge in [0.15, 0.2) is 0 Å². The number of fused-ring (bicyclic) bond motifs is 1. The first-order valence-corrected chi connectivity index (χ1v) is 3.96. The molecule has 2 rings (SSSR count). The third-order valence-electron chi connectivity index (χ3n) is 2.74. The zero-order valence-corrected chi connectivity index (χ0v) is 6.14. The molecule has 10 heavy (non-hydrogen) atoms. The lowest BCUT2D eigenvalue weighted by molar-refractivity contribution is 0.336. The minimum Gasteiger partial charge on any atom is -0.323 e. The summed E-state index contributed by atoms with van der Waals surface area (Å²) < 4.78 is 0. The Kier molecular flexibility index (Phi) is 1.32. The number of hydrogen-bond acceptors (Lipinski definition) is 2. The van der Waals surface area contributed by atoms with Gasteiger partial charge in [0.05, 0.1) is 0 Å². The normalized spacial score (nSPS) is 45.5. The first-order chi connectivity index (χ1) is 4.81. The molecule has 0 aromatic rings. The standard InChI is InChI=1S/C8H14N2/c9-8-4-2-1-3-7(8)5-10-6-8/h1-2,7,10H,3-6,9H2. The first kappa shape index (κ1) is 6.38. The van der Waals surface area contributed by atoms with Crippen LogP contribution in [0.4, 0.5) is 0 Å². The molecule has 0 bridgehead atoms. The topological polar surface area (TPSA) is 38.0 Å². The molecule has 2 atom stereocenters. The van der Waals surface area contributed by atoms with Crippen LogP contribution in [-0.2, 0) is 0 Å². The third-order valence-corrected chi connectivity index (χ3v) is 2.74. The van der Waals surface area contributed by atoms with Crippen LogP contribution in [0.2, 0.25) is 0 Å². The van der Waals surface area contributed by atoms with E-state index in [1.54, 1.807) is 0 Å². The Labute approximate surface area is 61.5 Å². The molecule has 1 fully saturated rings. The maximum absolute atomic E-state index is 6.15. The van der Waals surface area contributed by atoms with Crippen molar-refractivity contribution < 1.29 is 0 Å². The van der Waals surface area contributed by atoms with E-state index in [0.29, 0.717) is 5.92 Å². The summed E-state index contributed by atoms with van der Waals surface area (Å²) in [6, 6.07) is 0. The summed E-state index contributed by atoms with van der Waals surface area (Å²) in [6.07, 6.45) is 6.69. The smallest absolute Gasteiger partial charge is 0.0359 e. The Morgan fingerprint density at radius 1 is 1.50 bits per heavy atom. The summed E-state index contributed by atoms with van der Waals surface area (Å²) in [5.74, 6) is 0.692.